The third-order valence-electron chi connectivity index (χ3n) is 4.06. The van der Waals surface area contributed by atoms with Crippen LogP contribution in [0.5, 0.6) is 0 Å². The molecule has 0 unspecified atom stereocenters. The summed E-state index contributed by atoms with van der Waals surface area (Å²) in [4.78, 5) is 12.5. The number of nitrogens with one attached hydrogen (secondary N) is 1. The summed E-state index contributed by atoms with van der Waals surface area (Å²) in [5.74, 6) is -0.258. The lowest BCUT2D eigenvalue weighted by molar-refractivity contribution is 0.102. The van der Waals surface area contributed by atoms with E-state index in [1.165, 1.54) is 5.56 Å². The van der Waals surface area contributed by atoms with E-state index in [1.807, 2.05) is 55.8 Å². The van der Waals surface area contributed by atoms with Crippen molar-refractivity contribution < 1.29 is 4.79 Å². The summed E-state index contributed by atoms with van der Waals surface area (Å²) in [6.07, 6.45) is 0. The highest BCUT2D eigenvalue weighted by molar-refractivity contribution is 6.05. The summed E-state index contributed by atoms with van der Waals surface area (Å²) in [6, 6.07) is 16.7. The van der Waals surface area contributed by atoms with Crippen molar-refractivity contribution in [2.75, 3.05) is 5.32 Å². The van der Waals surface area contributed by atoms with Gasteiger partial charge in [-0.2, -0.15) is 10.4 Å². The molecule has 1 aromatic heterocycles. The summed E-state index contributed by atoms with van der Waals surface area (Å²) in [5.41, 5.74) is 5.30. The molecule has 0 bridgehead atoms. The molecule has 3 rings (SSSR count). The van der Waals surface area contributed by atoms with Crippen molar-refractivity contribution in [3.8, 4) is 11.8 Å². The summed E-state index contributed by atoms with van der Waals surface area (Å²) in [6.45, 7) is 5.81. The fourth-order valence-electron chi connectivity index (χ4n) is 2.68. The summed E-state index contributed by atoms with van der Waals surface area (Å²) < 4.78 is 1.82. The van der Waals surface area contributed by atoms with Crippen LogP contribution >= 0.6 is 0 Å². The van der Waals surface area contributed by atoms with Gasteiger partial charge >= 0.3 is 0 Å². The van der Waals surface area contributed by atoms with Gasteiger partial charge in [-0.25, -0.2) is 4.68 Å². The number of carbonyl (C=O) groups is 1. The van der Waals surface area contributed by atoms with Crippen molar-refractivity contribution in [3.63, 3.8) is 0 Å². The van der Waals surface area contributed by atoms with Crippen LogP contribution in [0, 0.1) is 32.1 Å². The van der Waals surface area contributed by atoms with Crippen LogP contribution in [0.4, 0.5) is 5.69 Å². The Balaban J connectivity index is 1.92. The SMILES string of the molecule is Cc1ccc(-n2nc(C)c(NC(=O)c3cccc(C#N)c3)c2C)cc1. The molecule has 0 fully saturated rings. The van der Waals surface area contributed by atoms with Gasteiger partial charge in [0, 0.05) is 5.56 Å². The second-order valence-corrected chi connectivity index (χ2v) is 5.94. The Morgan fingerprint density at radius 3 is 2.52 bits per heavy atom. The summed E-state index contributed by atoms with van der Waals surface area (Å²) >= 11 is 0. The number of rotatable bonds is 3. The molecule has 2 aromatic carbocycles. The molecule has 1 amide bonds. The third-order valence-corrected chi connectivity index (χ3v) is 4.06. The number of carbonyl (C=O) groups excluding carboxylic acids is 1. The van der Waals surface area contributed by atoms with Gasteiger partial charge in [-0.15, -0.1) is 0 Å². The maximum atomic E-state index is 12.5. The Morgan fingerprint density at radius 2 is 1.84 bits per heavy atom. The van der Waals surface area contributed by atoms with Gasteiger partial charge in [-0.05, 0) is 51.1 Å². The number of anilines is 1. The molecular weight excluding hydrogens is 312 g/mol. The molecule has 0 aliphatic rings. The van der Waals surface area contributed by atoms with E-state index in [0.29, 0.717) is 16.8 Å². The molecule has 1 N–H and O–H groups in total. The van der Waals surface area contributed by atoms with Crippen molar-refractivity contribution in [2.45, 2.75) is 20.8 Å². The van der Waals surface area contributed by atoms with Gasteiger partial charge in [-0.3, -0.25) is 4.79 Å². The van der Waals surface area contributed by atoms with Gasteiger partial charge in [-0.1, -0.05) is 23.8 Å². The van der Waals surface area contributed by atoms with Crippen LogP contribution in [0.15, 0.2) is 48.5 Å². The first kappa shape index (κ1) is 16.5. The standard InChI is InChI=1S/C20H18N4O/c1-13-7-9-18(10-8-13)24-15(3)19(14(2)23-24)22-20(25)17-6-4-5-16(11-17)12-21/h4-11H,1-3H3,(H,22,25). The average molecular weight is 330 g/mol. The molecule has 0 saturated heterocycles. The molecule has 0 aliphatic heterocycles. The molecule has 0 aliphatic carbocycles. The summed E-state index contributed by atoms with van der Waals surface area (Å²) in [7, 11) is 0. The Kier molecular flexibility index (Phi) is 4.36. The normalized spacial score (nSPS) is 10.3. The van der Waals surface area contributed by atoms with Crippen molar-refractivity contribution in [2.24, 2.45) is 0 Å². The highest BCUT2D eigenvalue weighted by Crippen LogP contribution is 2.23. The Bertz CT molecular complexity index is 978. The Hall–Kier alpha value is -3.39. The first-order chi connectivity index (χ1) is 12.0. The number of hydrogen-bond donors (Lipinski definition) is 1. The number of amides is 1. The predicted octanol–water partition coefficient (Wildman–Crippen LogP) is 3.92. The van der Waals surface area contributed by atoms with Crippen molar-refractivity contribution in [1.82, 2.24) is 9.78 Å². The van der Waals surface area contributed by atoms with E-state index in [1.54, 1.807) is 24.3 Å². The zero-order valence-corrected chi connectivity index (χ0v) is 14.4. The van der Waals surface area contributed by atoms with Gasteiger partial charge < -0.3 is 5.32 Å². The van der Waals surface area contributed by atoms with E-state index in [4.69, 9.17) is 5.26 Å². The Labute approximate surface area is 146 Å². The highest BCUT2D eigenvalue weighted by Gasteiger charge is 2.16. The van der Waals surface area contributed by atoms with Crippen LogP contribution < -0.4 is 5.32 Å². The van der Waals surface area contributed by atoms with E-state index in [2.05, 4.69) is 10.4 Å². The lowest BCUT2D eigenvalue weighted by Crippen LogP contribution is -2.13. The second-order valence-electron chi connectivity index (χ2n) is 5.94. The van der Waals surface area contributed by atoms with Crippen LogP contribution in [-0.2, 0) is 0 Å². The lowest BCUT2D eigenvalue weighted by Gasteiger charge is -2.08. The lowest BCUT2D eigenvalue weighted by atomic mass is 10.1. The molecule has 5 nitrogen and oxygen atoms in total. The van der Waals surface area contributed by atoms with Gasteiger partial charge in [0.15, 0.2) is 0 Å². The zero-order chi connectivity index (χ0) is 18.0. The van der Waals surface area contributed by atoms with E-state index < -0.39 is 0 Å². The number of aromatic nitrogens is 2. The van der Waals surface area contributed by atoms with Crippen molar-refractivity contribution in [1.29, 1.82) is 5.26 Å². The van der Waals surface area contributed by atoms with Gasteiger partial charge in [0.25, 0.3) is 5.91 Å². The molecule has 25 heavy (non-hydrogen) atoms. The number of hydrogen-bond acceptors (Lipinski definition) is 3. The summed E-state index contributed by atoms with van der Waals surface area (Å²) in [5, 5.41) is 16.4. The molecule has 0 atom stereocenters. The minimum absolute atomic E-state index is 0.258. The smallest absolute Gasteiger partial charge is 0.255 e. The molecule has 3 aromatic rings. The van der Waals surface area contributed by atoms with Crippen LogP contribution in [0.1, 0.15) is 32.9 Å². The number of nitriles is 1. The third kappa shape index (κ3) is 3.29. The van der Waals surface area contributed by atoms with Crippen molar-refractivity contribution in [3.05, 3.63) is 76.6 Å². The van der Waals surface area contributed by atoms with Crippen molar-refractivity contribution >= 4 is 11.6 Å². The fraction of sp³-hybridized carbons (Fsp3) is 0.150. The highest BCUT2D eigenvalue weighted by atomic mass is 16.1. The molecule has 124 valence electrons. The van der Waals surface area contributed by atoms with Gasteiger partial charge in [0.2, 0.25) is 0 Å². The average Bonchev–Trinajstić information content (AvgIpc) is 2.90. The topological polar surface area (TPSA) is 70.7 Å². The van der Waals surface area contributed by atoms with Crippen LogP contribution in [0.3, 0.4) is 0 Å². The van der Waals surface area contributed by atoms with E-state index in [0.717, 1.165) is 17.1 Å². The molecule has 0 saturated carbocycles. The number of nitrogens with zero attached hydrogens (tertiary/aromatic N) is 3. The molecule has 5 heteroatoms. The van der Waals surface area contributed by atoms with Gasteiger partial charge in [0.05, 0.1) is 34.4 Å². The number of aryl methyl sites for hydroxylation is 2. The monoisotopic (exact) mass is 330 g/mol. The molecule has 1 heterocycles. The Morgan fingerprint density at radius 1 is 1.12 bits per heavy atom. The molecule has 0 spiro atoms. The van der Waals surface area contributed by atoms with Crippen LogP contribution in [-0.4, -0.2) is 15.7 Å². The fourth-order valence-corrected chi connectivity index (χ4v) is 2.68. The predicted molar refractivity (Wildman–Crippen MR) is 96.9 cm³/mol. The maximum Gasteiger partial charge on any atom is 0.255 e. The quantitative estimate of drug-likeness (QED) is 0.791. The van der Waals surface area contributed by atoms with E-state index in [-0.39, 0.29) is 5.91 Å². The zero-order valence-electron chi connectivity index (χ0n) is 14.4. The van der Waals surface area contributed by atoms with E-state index in [9.17, 15) is 4.79 Å². The largest absolute Gasteiger partial charge is 0.319 e. The minimum Gasteiger partial charge on any atom is -0.319 e. The minimum atomic E-state index is -0.258. The van der Waals surface area contributed by atoms with Crippen LogP contribution in [0.25, 0.3) is 5.69 Å². The molecular formula is C20H18N4O. The van der Waals surface area contributed by atoms with Crippen LogP contribution in [0.2, 0.25) is 0 Å². The van der Waals surface area contributed by atoms with Gasteiger partial charge in [0.1, 0.15) is 0 Å². The maximum absolute atomic E-state index is 12.5. The molecule has 0 radical (unpaired) electrons. The second kappa shape index (κ2) is 6.62. The first-order valence-corrected chi connectivity index (χ1v) is 7.94. The van der Waals surface area contributed by atoms with E-state index >= 15 is 0 Å². The number of benzene rings is 2. The first-order valence-electron chi connectivity index (χ1n) is 7.94.